The molecular weight excluding hydrogens is 352 g/mol. The molecular formula is C22H28N4O2+2. The lowest BCUT2D eigenvalue weighted by atomic mass is 10.1. The number of hydrogen-bond donors (Lipinski definition) is 3. The zero-order chi connectivity index (χ0) is 19.9. The van der Waals surface area contributed by atoms with Crippen molar-refractivity contribution in [1.82, 2.24) is 0 Å². The van der Waals surface area contributed by atoms with Crippen molar-refractivity contribution >= 4 is 11.6 Å². The Morgan fingerprint density at radius 2 is 1.75 bits per heavy atom. The number of hydrogen-bond acceptors (Lipinski definition) is 3. The first-order valence-electron chi connectivity index (χ1n) is 9.71. The molecule has 1 atom stereocenters. The highest BCUT2D eigenvalue weighted by atomic mass is 16.5. The number of amides is 1. The number of quaternary nitrogens is 2. The maximum absolute atomic E-state index is 12.6. The molecule has 1 amide bonds. The summed E-state index contributed by atoms with van der Waals surface area (Å²) in [6.45, 7) is 7.05. The quantitative estimate of drug-likeness (QED) is 0.654. The van der Waals surface area contributed by atoms with Gasteiger partial charge in [-0.1, -0.05) is 0 Å². The number of nitrogens with zero attached hydrogens (tertiary/aromatic N) is 1. The third-order valence-electron chi connectivity index (χ3n) is 5.50. The molecule has 2 aromatic rings. The van der Waals surface area contributed by atoms with Crippen molar-refractivity contribution in [2.24, 2.45) is 0 Å². The first-order valence-corrected chi connectivity index (χ1v) is 9.71. The summed E-state index contributed by atoms with van der Waals surface area (Å²) in [5.74, 6) is 0.911. The van der Waals surface area contributed by atoms with E-state index in [9.17, 15) is 4.79 Å². The van der Waals surface area contributed by atoms with Crippen molar-refractivity contribution < 1.29 is 19.3 Å². The Balaban J connectivity index is 1.47. The summed E-state index contributed by atoms with van der Waals surface area (Å²) in [5.41, 5.74) is 2.64. The van der Waals surface area contributed by atoms with Gasteiger partial charge in [0.05, 0.1) is 18.7 Å². The number of carbonyl (C=O) groups excluding carboxylic acids is 1. The van der Waals surface area contributed by atoms with Crippen LogP contribution in [0.15, 0.2) is 48.5 Å². The van der Waals surface area contributed by atoms with E-state index in [1.165, 1.54) is 10.5 Å². The molecule has 1 aliphatic heterocycles. The molecule has 0 radical (unpaired) electrons. The molecule has 6 heteroatoms. The van der Waals surface area contributed by atoms with Gasteiger partial charge in [0.1, 0.15) is 38.5 Å². The SMILES string of the molecule is COc1ccc(C[NH+]2CC[NH+]([C@@H](C)C(=O)Nc3ccc(C#N)cc3)CC2)cc1. The third kappa shape index (κ3) is 5.10. The molecule has 1 fully saturated rings. The van der Waals surface area contributed by atoms with Gasteiger partial charge in [0.2, 0.25) is 0 Å². The Bertz CT molecular complexity index is 819. The van der Waals surface area contributed by atoms with Gasteiger partial charge in [-0.2, -0.15) is 5.26 Å². The van der Waals surface area contributed by atoms with Gasteiger partial charge in [0.15, 0.2) is 6.04 Å². The Kier molecular flexibility index (Phi) is 6.64. The van der Waals surface area contributed by atoms with Crippen LogP contribution in [0.2, 0.25) is 0 Å². The van der Waals surface area contributed by atoms with E-state index in [1.807, 2.05) is 19.1 Å². The Hall–Kier alpha value is -2.88. The van der Waals surface area contributed by atoms with Gasteiger partial charge in [-0.05, 0) is 55.5 Å². The second-order valence-electron chi connectivity index (χ2n) is 7.33. The molecule has 0 bridgehead atoms. The number of piperazine rings is 1. The van der Waals surface area contributed by atoms with Crippen molar-refractivity contribution in [2.75, 3.05) is 38.6 Å². The Morgan fingerprint density at radius 3 is 2.32 bits per heavy atom. The zero-order valence-electron chi connectivity index (χ0n) is 16.5. The number of methoxy groups -OCH3 is 1. The van der Waals surface area contributed by atoms with E-state index < -0.39 is 0 Å². The topological polar surface area (TPSA) is 71.0 Å². The lowest BCUT2D eigenvalue weighted by Crippen LogP contribution is -3.29. The number of rotatable bonds is 6. The van der Waals surface area contributed by atoms with Crippen LogP contribution in [0.5, 0.6) is 5.75 Å². The van der Waals surface area contributed by atoms with Crippen molar-refractivity contribution in [2.45, 2.75) is 19.5 Å². The van der Waals surface area contributed by atoms with Crippen LogP contribution in [0.3, 0.4) is 0 Å². The standard InChI is InChI=1S/C22H26N4O2/c1-17(22(27)24-20-7-3-18(15-23)4-8-20)26-13-11-25(12-14-26)16-19-5-9-21(28-2)10-6-19/h3-10,17H,11-14,16H2,1-2H3,(H,24,27)/p+2/t17-/m0/s1. The predicted octanol–water partition coefficient (Wildman–Crippen LogP) is -0.123. The van der Waals surface area contributed by atoms with Gasteiger partial charge in [0.25, 0.3) is 5.91 Å². The van der Waals surface area contributed by atoms with E-state index in [0.717, 1.165) is 44.2 Å². The van der Waals surface area contributed by atoms with Crippen LogP contribution >= 0.6 is 0 Å². The van der Waals surface area contributed by atoms with E-state index in [-0.39, 0.29) is 11.9 Å². The average Bonchev–Trinajstić information content (AvgIpc) is 2.75. The molecule has 0 aromatic heterocycles. The monoisotopic (exact) mass is 380 g/mol. The Labute approximate surface area is 166 Å². The maximum atomic E-state index is 12.6. The summed E-state index contributed by atoms with van der Waals surface area (Å²) in [7, 11) is 1.68. The van der Waals surface area contributed by atoms with Gasteiger partial charge in [0, 0.05) is 11.3 Å². The highest BCUT2D eigenvalue weighted by Crippen LogP contribution is 2.10. The molecule has 3 N–H and O–H groups in total. The fourth-order valence-electron chi connectivity index (χ4n) is 3.63. The minimum Gasteiger partial charge on any atom is -0.497 e. The first kappa shape index (κ1) is 19.9. The summed E-state index contributed by atoms with van der Waals surface area (Å²) in [5, 5.41) is 11.8. The second-order valence-corrected chi connectivity index (χ2v) is 7.33. The third-order valence-corrected chi connectivity index (χ3v) is 5.50. The molecule has 0 unspecified atom stereocenters. The second kappa shape index (κ2) is 9.36. The molecule has 1 aliphatic rings. The fraction of sp³-hybridized carbons (Fsp3) is 0.364. The smallest absolute Gasteiger partial charge is 0.282 e. The molecule has 0 saturated carbocycles. The maximum Gasteiger partial charge on any atom is 0.282 e. The normalized spacial score (nSPS) is 20.0. The minimum atomic E-state index is -0.0989. The van der Waals surface area contributed by atoms with E-state index in [1.54, 1.807) is 36.3 Å². The van der Waals surface area contributed by atoms with Crippen LogP contribution in [0, 0.1) is 11.3 Å². The summed E-state index contributed by atoms with van der Waals surface area (Å²) in [6.07, 6.45) is 0. The van der Waals surface area contributed by atoms with Gasteiger partial charge in [-0.3, -0.25) is 4.79 Å². The average molecular weight is 380 g/mol. The molecule has 1 heterocycles. The zero-order valence-corrected chi connectivity index (χ0v) is 16.5. The largest absolute Gasteiger partial charge is 0.497 e. The number of nitrogens with one attached hydrogen (secondary N) is 3. The van der Waals surface area contributed by atoms with Gasteiger partial charge < -0.3 is 19.9 Å². The lowest BCUT2D eigenvalue weighted by Gasteiger charge is -2.32. The predicted molar refractivity (Wildman–Crippen MR) is 107 cm³/mol. The molecule has 3 rings (SSSR count). The summed E-state index contributed by atoms with van der Waals surface area (Å²) in [4.78, 5) is 15.5. The summed E-state index contributed by atoms with van der Waals surface area (Å²) in [6, 6.07) is 17.2. The number of anilines is 1. The van der Waals surface area contributed by atoms with Crippen LogP contribution in [-0.2, 0) is 11.3 Å². The van der Waals surface area contributed by atoms with E-state index >= 15 is 0 Å². The van der Waals surface area contributed by atoms with Crippen LogP contribution in [-0.4, -0.2) is 45.2 Å². The molecule has 0 spiro atoms. The van der Waals surface area contributed by atoms with E-state index in [2.05, 4.69) is 23.5 Å². The van der Waals surface area contributed by atoms with Crippen molar-refractivity contribution in [1.29, 1.82) is 5.26 Å². The number of benzene rings is 2. The van der Waals surface area contributed by atoms with Gasteiger partial charge in [-0.15, -0.1) is 0 Å². The van der Waals surface area contributed by atoms with Crippen LogP contribution < -0.4 is 19.9 Å². The van der Waals surface area contributed by atoms with Crippen LogP contribution in [0.4, 0.5) is 5.69 Å². The highest BCUT2D eigenvalue weighted by molar-refractivity contribution is 5.93. The lowest BCUT2D eigenvalue weighted by molar-refractivity contribution is -1.02. The van der Waals surface area contributed by atoms with Crippen LogP contribution in [0.1, 0.15) is 18.1 Å². The summed E-state index contributed by atoms with van der Waals surface area (Å²) < 4.78 is 5.21. The molecule has 1 saturated heterocycles. The number of carbonyl (C=O) groups is 1. The number of ether oxygens (including phenoxy) is 1. The van der Waals surface area contributed by atoms with Crippen molar-refractivity contribution in [3.63, 3.8) is 0 Å². The van der Waals surface area contributed by atoms with Crippen LogP contribution in [0.25, 0.3) is 0 Å². The Morgan fingerprint density at radius 1 is 1.11 bits per heavy atom. The molecule has 2 aromatic carbocycles. The van der Waals surface area contributed by atoms with Gasteiger partial charge >= 0.3 is 0 Å². The molecule has 0 aliphatic carbocycles. The minimum absolute atomic E-state index is 0.0262. The van der Waals surface area contributed by atoms with Crippen molar-refractivity contribution in [3.05, 3.63) is 59.7 Å². The summed E-state index contributed by atoms with van der Waals surface area (Å²) >= 11 is 0. The first-order chi connectivity index (χ1) is 13.6. The molecule has 6 nitrogen and oxygen atoms in total. The highest BCUT2D eigenvalue weighted by Gasteiger charge is 2.31. The number of nitriles is 1. The van der Waals surface area contributed by atoms with Gasteiger partial charge in [-0.25, -0.2) is 0 Å². The van der Waals surface area contributed by atoms with E-state index in [4.69, 9.17) is 10.00 Å². The van der Waals surface area contributed by atoms with E-state index in [0.29, 0.717) is 5.56 Å². The van der Waals surface area contributed by atoms with Crippen molar-refractivity contribution in [3.8, 4) is 11.8 Å². The fourth-order valence-corrected chi connectivity index (χ4v) is 3.63. The molecule has 28 heavy (non-hydrogen) atoms. The molecule has 146 valence electrons.